The molecule has 1 fully saturated rings. The van der Waals surface area contributed by atoms with Gasteiger partial charge in [0.15, 0.2) is 4.34 Å². The van der Waals surface area contributed by atoms with Gasteiger partial charge in [0.1, 0.15) is 5.76 Å². The summed E-state index contributed by atoms with van der Waals surface area (Å²) in [7, 11) is 0. The topological polar surface area (TPSA) is 83.4 Å². The Morgan fingerprint density at radius 2 is 1.76 bits per heavy atom. The first-order valence-corrected chi connectivity index (χ1v) is 12.7. The molecule has 1 aliphatic heterocycles. The van der Waals surface area contributed by atoms with E-state index in [0.29, 0.717) is 10.7 Å². The van der Waals surface area contributed by atoms with Crippen molar-refractivity contribution in [1.82, 2.24) is 10.2 Å². The number of carbonyl (C=O) groups is 2. The van der Waals surface area contributed by atoms with Gasteiger partial charge in [0.25, 0.3) is 5.78 Å². The van der Waals surface area contributed by atoms with Gasteiger partial charge in [-0.3, -0.25) is 14.5 Å². The number of thioether (sulfide) groups is 1. The maximum absolute atomic E-state index is 13.2. The Bertz CT molecular complexity index is 1200. The van der Waals surface area contributed by atoms with Crippen molar-refractivity contribution < 1.29 is 14.7 Å². The summed E-state index contributed by atoms with van der Waals surface area (Å²) >= 11 is 2.85. The second kappa shape index (κ2) is 9.89. The number of Topliss-reactive ketones (excluding diaryl/α,β-unsaturated/α-hetero) is 1. The second-order valence-electron chi connectivity index (χ2n) is 7.83. The summed E-state index contributed by atoms with van der Waals surface area (Å²) in [4.78, 5) is 27.8. The summed E-state index contributed by atoms with van der Waals surface area (Å²) in [6, 6.07) is 14.2. The highest BCUT2D eigenvalue weighted by atomic mass is 32.2. The summed E-state index contributed by atoms with van der Waals surface area (Å²) < 4.78 is 0.743. The molecule has 2 heterocycles. The monoisotopic (exact) mass is 479 g/mol. The fraction of sp³-hybridized carbons (Fsp3) is 0.280. The minimum absolute atomic E-state index is 0.0612. The van der Waals surface area contributed by atoms with Crippen LogP contribution in [0.25, 0.3) is 5.76 Å². The largest absolute Gasteiger partial charge is 0.507 e. The predicted molar refractivity (Wildman–Crippen MR) is 133 cm³/mol. The first-order chi connectivity index (χ1) is 15.9. The highest BCUT2D eigenvalue weighted by Crippen LogP contribution is 2.43. The summed E-state index contributed by atoms with van der Waals surface area (Å²) in [6.45, 7) is 6.09. The third kappa shape index (κ3) is 4.58. The summed E-state index contributed by atoms with van der Waals surface area (Å²) in [5.41, 5.74) is 3.46. The fourth-order valence-electron chi connectivity index (χ4n) is 3.70. The zero-order valence-corrected chi connectivity index (χ0v) is 20.4. The Hall–Kier alpha value is -2.97. The van der Waals surface area contributed by atoms with E-state index in [4.69, 9.17) is 0 Å². The van der Waals surface area contributed by atoms with Crippen molar-refractivity contribution >= 4 is 45.7 Å². The SMILES string of the molecule is CCCSc1nnc(N2C(=O)C(=O)C(=C(O)c3ccc(C)cc3)C2c2ccc(CC)cc2)s1. The molecular weight excluding hydrogens is 454 g/mol. The molecule has 4 rings (SSSR count). The first-order valence-electron chi connectivity index (χ1n) is 10.9. The van der Waals surface area contributed by atoms with E-state index in [1.165, 1.54) is 16.2 Å². The Labute approximate surface area is 201 Å². The number of aryl methyl sites for hydroxylation is 2. The van der Waals surface area contributed by atoms with Crippen LogP contribution in [-0.2, 0) is 16.0 Å². The molecule has 1 unspecified atom stereocenters. The van der Waals surface area contributed by atoms with E-state index < -0.39 is 17.7 Å². The van der Waals surface area contributed by atoms with Gasteiger partial charge in [-0.25, -0.2) is 0 Å². The molecule has 2 aromatic carbocycles. The molecule has 1 aliphatic rings. The number of anilines is 1. The van der Waals surface area contributed by atoms with E-state index >= 15 is 0 Å². The molecule has 1 atom stereocenters. The smallest absolute Gasteiger partial charge is 0.301 e. The standard InChI is InChI=1S/C25H25N3O3S2/c1-4-14-32-25-27-26-24(33-25)28-20(17-12-8-16(5-2)9-13-17)19(22(30)23(28)31)21(29)18-10-6-15(3)7-11-18/h6-13,20,29H,4-5,14H2,1-3H3. The summed E-state index contributed by atoms with van der Waals surface area (Å²) in [5.74, 6) is -0.736. The molecule has 33 heavy (non-hydrogen) atoms. The van der Waals surface area contributed by atoms with E-state index in [-0.39, 0.29) is 11.3 Å². The number of hydrogen-bond donors (Lipinski definition) is 1. The molecule has 8 heteroatoms. The molecule has 1 aromatic heterocycles. The number of carbonyl (C=O) groups excluding carboxylic acids is 2. The fourth-order valence-corrected chi connectivity index (χ4v) is 5.49. The van der Waals surface area contributed by atoms with E-state index in [2.05, 4.69) is 24.0 Å². The third-order valence-corrected chi connectivity index (χ3v) is 7.77. The Morgan fingerprint density at radius 1 is 1.06 bits per heavy atom. The van der Waals surface area contributed by atoms with Crippen LogP contribution < -0.4 is 4.90 Å². The molecule has 0 saturated carbocycles. The summed E-state index contributed by atoms with van der Waals surface area (Å²) in [6.07, 6.45) is 1.86. The maximum Gasteiger partial charge on any atom is 0.301 e. The lowest BCUT2D eigenvalue weighted by Gasteiger charge is -2.22. The normalized spacial score (nSPS) is 17.7. The van der Waals surface area contributed by atoms with Crippen LogP contribution in [0.1, 0.15) is 48.6 Å². The minimum Gasteiger partial charge on any atom is -0.507 e. The number of aromatic nitrogens is 2. The van der Waals surface area contributed by atoms with Crippen molar-refractivity contribution in [3.05, 3.63) is 76.4 Å². The number of benzene rings is 2. The molecule has 0 radical (unpaired) electrons. The van der Waals surface area contributed by atoms with Gasteiger partial charge in [-0.05, 0) is 30.9 Å². The van der Waals surface area contributed by atoms with Crippen LogP contribution in [0.3, 0.4) is 0 Å². The van der Waals surface area contributed by atoms with E-state index in [1.54, 1.807) is 23.9 Å². The quantitative estimate of drug-likeness (QED) is 0.158. The van der Waals surface area contributed by atoms with Gasteiger partial charge < -0.3 is 5.11 Å². The maximum atomic E-state index is 13.2. The highest BCUT2D eigenvalue weighted by molar-refractivity contribution is 8.01. The highest BCUT2D eigenvalue weighted by Gasteiger charge is 2.48. The number of aliphatic hydroxyl groups excluding tert-OH is 1. The van der Waals surface area contributed by atoms with Gasteiger partial charge in [0.05, 0.1) is 11.6 Å². The molecule has 6 nitrogen and oxygen atoms in total. The van der Waals surface area contributed by atoms with Crippen LogP contribution in [0.5, 0.6) is 0 Å². The predicted octanol–water partition coefficient (Wildman–Crippen LogP) is 5.54. The zero-order chi connectivity index (χ0) is 23.5. The Kier molecular flexibility index (Phi) is 6.95. The minimum atomic E-state index is -0.783. The van der Waals surface area contributed by atoms with Crippen LogP contribution in [0, 0.1) is 6.92 Å². The molecule has 0 bridgehead atoms. The average molecular weight is 480 g/mol. The van der Waals surface area contributed by atoms with Crippen LogP contribution in [0.15, 0.2) is 58.4 Å². The van der Waals surface area contributed by atoms with Crippen LogP contribution >= 0.6 is 23.1 Å². The van der Waals surface area contributed by atoms with Gasteiger partial charge >= 0.3 is 5.91 Å². The zero-order valence-electron chi connectivity index (χ0n) is 18.7. The van der Waals surface area contributed by atoms with Gasteiger partial charge in [-0.1, -0.05) is 91.0 Å². The molecule has 3 aromatic rings. The molecule has 0 spiro atoms. The van der Waals surface area contributed by atoms with Crippen molar-refractivity contribution in [3.63, 3.8) is 0 Å². The lowest BCUT2D eigenvalue weighted by Crippen LogP contribution is -2.29. The van der Waals surface area contributed by atoms with Crippen LogP contribution in [0.2, 0.25) is 0 Å². The molecular formula is C25H25N3O3S2. The van der Waals surface area contributed by atoms with Gasteiger partial charge in [0.2, 0.25) is 5.13 Å². The number of rotatable bonds is 7. The van der Waals surface area contributed by atoms with E-state index in [0.717, 1.165) is 39.6 Å². The molecule has 170 valence electrons. The summed E-state index contributed by atoms with van der Waals surface area (Å²) in [5, 5.41) is 19.9. The molecule has 1 amide bonds. The van der Waals surface area contributed by atoms with Crippen molar-refractivity contribution in [1.29, 1.82) is 0 Å². The van der Waals surface area contributed by atoms with E-state index in [1.807, 2.05) is 43.3 Å². The molecule has 1 saturated heterocycles. The van der Waals surface area contributed by atoms with Gasteiger partial charge in [-0.15, -0.1) is 10.2 Å². The van der Waals surface area contributed by atoms with E-state index in [9.17, 15) is 14.7 Å². The lowest BCUT2D eigenvalue weighted by atomic mass is 9.94. The third-order valence-electron chi connectivity index (χ3n) is 5.50. The van der Waals surface area contributed by atoms with Crippen LogP contribution in [-0.4, -0.2) is 32.7 Å². The van der Waals surface area contributed by atoms with Crippen molar-refractivity contribution in [2.45, 2.75) is 44.0 Å². The molecule has 0 aliphatic carbocycles. The van der Waals surface area contributed by atoms with Crippen molar-refractivity contribution in [2.24, 2.45) is 0 Å². The van der Waals surface area contributed by atoms with Gasteiger partial charge in [-0.2, -0.15) is 0 Å². The number of amides is 1. The lowest BCUT2D eigenvalue weighted by molar-refractivity contribution is -0.132. The van der Waals surface area contributed by atoms with Crippen LogP contribution in [0.4, 0.5) is 5.13 Å². The second-order valence-corrected chi connectivity index (χ2v) is 10.1. The van der Waals surface area contributed by atoms with Crippen molar-refractivity contribution in [2.75, 3.05) is 10.7 Å². The Morgan fingerprint density at radius 3 is 2.39 bits per heavy atom. The van der Waals surface area contributed by atoms with Gasteiger partial charge in [0, 0.05) is 11.3 Å². The number of nitrogens with zero attached hydrogens (tertiary/aromatic N) is 3. The number of hydrogen-bond acceptors (Lipinski definition) is 7. The average Bonchev–Trinajstić information content (AvgIpc) is 3.40. The number of ketones is 1. The van der Waals surface area contributed by atoms with Crippen molar-refractivity contribution in [3.8, 4) is 0 Å². The Balaban J connectivity index is 1.85. The molecule has 1 N–H and O–H groups in total. The first kappa shape index (κ1) is 23.2. The number of aliphatic hydroxyl groups is 1.